The monoisotopic (exact) mass is 603 g/mol. The van der Waals surface area contributed by atoms with Crippen molar-refractivity contribution < 1.29 is 14.0 Å². The van der Waals surface area contributed by atoms with E-state index in [9.17, 15) is 1.37 Å². The number of rotatable bonds is 3. The minimum atomic E-state index is -0.475. The molecule has 0 bridgehead atoms. The molecule has 9 aromatic carbocycles. The largest absolute Gasteiger partial charge is 0.455 e. The number of para-hydroxylation sites is 1. The van der Waals surface area contributed by atoms with Crippen LogP contribution in [0.15, 0.2) is 174 Å². The second kappa shape index (κ2) is 10.2. The molecular formula is C46H28O. The van der Waals surface area contributed by atoms with Gasteiger partial charge in [0, 0.05) is 21.9 Å². The zero-order valence-corrected chi connectivity index (χ0v) is 25.0. The molecule has 0 aliphatic rings. The Morgan fingerprint density at radius 3 is 1.77 bits per heavy atom. The van der Waals surface area contributed by atoms with Gasteiger partial charge >= 0.3 is 0 Å². The summed E-state index contributed by atoms with van der Waals surface area (Å²) in [6.45, 7) is 0. The van der Waals surface area contributed by atoms with E-state index in [4.69, 9.17) is 12.6 Å². The predicted octanol–water partition coefficient (Wildman–Crippen LogP) is 13.2. The van der Waals surface area contributed by atoms with Gasteiger partial charge < -0.3 is 4.42 Å². The average molecular weight is 604 g/mol. The Morgan fingerprint density at radius 1 is 0.383 bits per heavy atom. The Hall–Kier alpha value is -6.18. The van der Waals surface area contributed by atoms with E-state index in [1.165, 1.54) is 10.8 Å². The summed E-state index contributed by atoms with van der Waals surface area (Å²) in [5.74, 6) is 0. The highest BCUT2D eigenvalue weighted by Crippen LogP contribution is 2.47. The second-order valence-corrected chi connectivity index (χ2v) is 11.9. The summed E-state index contributed by atoms with van der Waals surface area (Å²) in [7, 11) is 0. The van der Waals surface area contributed by atoms with Gasteiger partial charge in [0.05, 0.1) is 9.60 Å². The van der Waals surface area contributed by atoms with E-state index in [-0.39, 0.29) is 28.4 Å². The van der Waals surface area contributed by atoms with E-state index in [1.54, 1.807) is 0 Å². The molecule has 0 aliphatic heterocycles. The minimum absolute atomic E-state index is 0.0656. The predicted molar refractivity (Wildman–Crippen MR) is 200 cm³/mol. The molecule has 10 rings (SSSR count). The third-order valence-corrected chi connectivity index (χ3v) is 9.36. The first-order valence-electron chi connectivity index (χ1n) is 19.1. The summed E-state index contributed by atoms with van der Waals surface area (Å²) in [5, 5.41) is 7.53. The quantitative estimate of drug-likeness (QED) is 0.183. The van der Waals surface area contributed by atoms with Gasteiger partial charge in [0.25, 0.3) is 0 Å². The van der Waals surface area contributed by atoms with Crippen molar-refractivity contribution in [2.24, 2.45) is 0 Å². The van der Waals surface area contributed by atoms with Crippen LogP contribution in [0.25, 0.3) is 98.4 Å². The molecule has 0 spiro atoms. The standard InChI is InChI=1S/C46H28O/c1-3-16-32-29(12-1)14-9-22-34(32)31-26-27-43-42(28-31)40-24-11-25-41(46(40)47-43)45-38-20-7-5-18-36(38)44(37-19-6-8-21-39(37)45)35-23-10-15-30-13-2-4-17-33(30)35/h1-28H/i2D,4D,10D,13D,15D,17D,23D. The number of benzene rings is 9. The fourth-order valence-corrected chi connectivity index (χ4v) is 7.33. The van der Waals surface area contributed by atoms with Crippen LogP contribution in [-0.2, 0) is 0 Å². The maximum absolute atomic E-state index is 9.23. The maximum atomic E-state index is 9.23. The lowest BCUT2D eigenvalue weighted by Crippen LogP contribution is -1.91. The number of hydrogen-bond acceptors (Lipinski definition) is 1. The van der Waals surface area contributed by atoms with Crippen LogP contribution in [0, 0.1) is 0 Å². The van der Waals surface area contributed by atoms with E-state index >= 15 is 0 Å². The summed E-state index contributed by atoms with van der Waals surface area (Å²) >= 11 is 0. The van der Waals surface area contributed by atoms with Crippen LogP contribution in [-0.4, -0.2) is 0 Å². The number of furan rings is 1. The molecule has 0 aliphatic carbocycles. The highest BCUT2D eigenvalue weighted by Gasteiger charge is 2.21. The van der Waals surface area contributed by atoms with E-state index in [2.05, 4.69) is 66.7 Å². The Balaban J connectivity index is 1.30. The first-order valence-corrected chi connectivity index (χ1v) is 15.6. The Kier molecular flexibility index (Phi) is 4.34. The molecule has 0 amide bonds. The summed E-state index contributed by atoms with van der Waals surface area (Å²) in [4.78, 5) is 0. The summed E-state index contributed by atoms with van der Waals surface area (Å²) in [6.07, 6.45) is 0. The minimum Gasteiger partial charge on any atom is -0.455 e. The van der Waals surface area contributed by atoms with Gasteiger partial charge in [-0.25, -0.2) is 0 Å². The molecular weight excluding hydrogens is 569 g/mol. The molecule has 0 unspecified atom stereocenters. The fourth-order valence-electron chi connectivity index (χ4n) is 7.33. The molecule has 1 heterocycles. The van der Waals surface area contributed by atoms with Crippen molar-refractivity contribution in [3.63, 3.8) is 0 Å². The normalized spacial score (nSPS) is 13.9. The lowest BCUT2D eigenvalue weighted by Gasteiger charge is -2.18. The maximum Gasteiger partial charge on any atom is 0.143 e. The Morgan fingerprint density at radius 2 is 0.979 bits per heavy atom. The van der Waals surface area contributed by atoms with Crippen LogP contribution in [0.4, 0.5) is 0 Å². The second-order valence-electron chi connectivity index (χ2n) is 11.9. The third-order valence-electron chi connectivity index (χ3n) is 9.36. The summed E-state index contributed by atoms with van der Waals surface area (Å²) in [5.41, 5.74) is 6.34. The Labute approximate surface area is 281 Å². The third kappa shape index (κ3) is 3.90. The molecule has 47 heavy (non-hydrogen) atoms. The van der Waals surface area contributed by atoms with E-state index in [0.717, 1.165) is 65.7 Å². The highest BCUT2D eigenvalue weighted by atomic mass is 16.3. The van der Waals surface area contributed by atoms with E-state index in [1.807, 2.05) is 60.7 Å². The molecule has 1 nitrogen and oxygen atoms in total. The zero-order chi connectivity index (χ0) is 37.0. The topological polar surface area (TPSA) is 13.1 Å². The molecule has 218 valence electrons. The molecule has 0 atom stereocenters. The summed E-state index contributed by atoms with van der Waals surface area (Å²) < 4.78 is 68.1. The first-order chi connectivity index (χ1) is 26.2. The molecule has 0 fully saturated rings. The van der Waals surface area contributed by atoms with Crippen LogP contribution >= 0.6 is 0 Å². The van der Waals surface area contributed by atoms with Crippen molar-refractivity contribution in [1.29, 1.82) is 0 Å². The van der Waals surface area contributed by atoms with Gasteiger partial charge in [-0.2, -0.15) is 0 Å². The van der Waals surface area contributed by atoms with Crippen molar-refractivity contribution in [3.05, 3.63) is 170 Å². The number of hydrogen-bond donors (Lipinski definition) is 0. The van der Waals surface area contributed by atoms with Crippen molar-refractivity contribution in [1.82, 2.24) is 0 Å². The van der Waals surface area contributed by atoms with Gasteiger partial charge in [-0.3, -0.25) is 0 Å². The van der Waals surface area contributed by atoms with Gasteiger partial charge in [-0.1, -0.05) is 158 Å². The highest BCUT2D eigenvalue weighted by molar-refractivity contribution is 6.25. The molecule has 0 saturated carbocycles. The molecule has 1 aromatic heterocycles. The molecule has 0 N–H and O–H groups in total. The van der Waals surface area contributed by atoms with Crippen molar-refractivity contribution in [2.45, 2.75) is 0 Å². The molecule has 0 radical (unpaired) electrons. The number of fused-ring (bicyclic) bond motifs is 7. The van der Waals surface area contributed by atoms with Crippen LogP contribution in [0.3, 0.4) is 0 Å². The van der Waals surface area contributed by atoms with Gasteiger partial charge in [-0.15, -0.1) is 0 Å². The van der Waals surface area contributed by atoms with Crippen LogP contribution < -0.4 is 0 Å². The molecule has 1 heteroatoms. The average Bonchev–Trinajstić information content (AvgIpc) is 3.59. The lowest BCUT2D eigenvalue weighted by molar-refractivity contribution is 0.670. The van der Waals surface area contributed by atoms with Crippen LogP contribution in [0.1, 0.15) is 9.60 Å². The van der Waals surface area contributed by atoms with E-state index < -0.39 is 30.2 Å². The van der Waals surface area contributed by atoms with Crippen molar-refractivity contribution in [2.75, 3.05) is 0 Å². The van der Waals surface area contributed by atoms with Gasteiger partial charge in [0.15, 0.2) is 0 Å². The summed E-state index contributed by atoms with van der Waals surface area (Å²) in [6, 6.07) is 40.2. The zero-order valence-electron chi connectivity index (χ0n) is 32.0. The lowest BCUT2D eigenvalue weighted by atomic mass is 9.84. The Bertz CT molecular complexity index is 3180. The van der Waals surface area contributed by atoms with Crippen molar-refractivity contribution >= 4 is 65.0 Å². The SMILES string of the molecule is [2H]c1c([2H])c([2H])c2c(-c3c4ccccc4c(-c4cccc5c4oc4ccc(-c6cccc7ccccc67)cc45)c4ccccc34)c([2H])c([2H])c([2H])c2c1[2H]. The van der Waals surface area contributed by atoms with Crippen molar-refractivity contribution in [3.8, 4) is 33.4 Å². The van der Waals surface area contributed by atoms with Gasteiger partial charge in [0.1, 0.15) is 11.2 Å². The van der Waals surface area contributed by atoms with E-state index in [0.29, 0.717) is 5.56 Å². The fraction of sp³-hybridized carbons (Fsp3) is 0. The molecule has 0 saturated heterocycles. The van der Waals surface area contributed by atoms with Gasteiger partial charge in [0.2, 0.25) is 0 Å². The first kappa shape index (κ1) is 20.0. The van der Waals surface area contributed by atoms with Gasteiger partial charge in [-0.05, 0) is 77.5 Å². The smallest absolute Gasteiger partial charge is 0.143 e. The molecule has 10 aromatic rings. The van der Waals surface area contributed by atoms with Crippen LogP contribution in [0.2, 0.25) is 0 Å². The van der Waals surface area contributed by atoms with Crippen LogP contribution in [0.5, 0.6) is 0 Å².